The van der Waals surface area contributed by atoms with E-state index in [0.717, 1.165) is 6.42 Å². The number of allylic oxidation sites excluding steroid dienone is 2. The molecule has 0 N–H and O–H groups in total. The van der Waals surface area contributed by atoms with Crippen LogP contribution in [0.4, 0.5) is 0 Å². The maximum Gasteiger partial charge on any atom is 0.0598 e. The third kappa shape index (κ3) is 1.57. The Hall–Kier alpha value is -0.460. The zero-order valence-corrected chi connectivity index (χ0v) is 9.78. The van der Waals surface area contributed by atoms with E-state index in [2.05, 4.69) is 19.9 Å². The zero-order chi connectivity index (χ0) is 10.3. The molecule has 0 radical (unpaired) electrons. The number of fused-ring (bicyclic) bond motifs is 1. The summed E-state index contributed by atoms with van der Waals surface area (Å²) in [6, 6.07) is 3.96. The number of hydrogen-bond donors (Lipinski definition) is 0. The van der Waals surface area contributed by atoms with Gasteiger partial charge in [0.15, 0.2) is 0 Å². The molecule has 0 bridgehead atoms. The van der Waals surface area contributed by atoms with Gasteiger partial charge in [0.1, 0.15) is 0 Å². The quantitative estimate of drug-likeness (QED) is 0.658. The predicted molar refractivity (Wildman–Crippen MR) is 63.0 cm³/mol. The average molecular weight is 227 g/mol. The largest absolute Gasteiger partial charge is 0.0827 e. The Morgan fingerprint density at radius 1 is 1.14 bits per heavy atom. The number of halogens is 2. The van der Waals surface area contributed by atoms with Crippen molar-refractivity contribution < 1.29 is 0 Å². The Bertz CT molecular complexity index is 403. The summed E-state index contributed by atoms with van der Waals surface area (Å²) in [6.07, 6.45) is 3.25. The van der Waals surface area contributed by atoms with Crippen LogP contribution in [-0.4, -0.2) is 0 Å². The van der Waals surface area contributed by atoms with Crippen molar-refractivity contribution in [3.05, 3.63) is 39.4 Å². The molecule has 0 fully saturated rings. The zero-order valence-electron chi connectivity index (χ0n) is 8.27. The van der Waals surface area contributed by atoms with Crippen LogP contribution in [0.15, 0.2) is 18.2 Å². The lowest BCUT2D eigenvalue weighted by molar-refractivity contribution is 0.857. The predicted octanol–water partition coefficient (Wildman–Crippen LogP) is 4.59. The van der Waals surface area contributed by atoms with Crippen molar-refractivity contribution in [2.45, 2.75) is 20.3 Å². The minimum Gasteiger partial charge on any atom is -0.0827 e. The molecule has 0 atom stereocenters. The molecule has 1 aliphatic rings. The maximum atomic E-state index is 6.00. The molecule has 0 spiro atoms. The van der Waals surface area contributed by atoms with Gasteiger partial charge in [-0.1, -0.05) is 43.1 Å². The minimum absolute atomic E-state index is 0.550. The first-order chi connectivity index (χ1) is 6.59. The van der Waals surface area contributed by atoms with Gasteiger partial charge in [-0.2, -0.15) is 0 Å². The fraction of sp³-hybridized carbons (Fsp3) is 0.333. The smallest absolute Gasteiger partial charge is 0.0598 e. The highest BCUT2D eigenvalue weighted by Gasteiger charge is 2.18. The van der Waals surface area contributed by atoms with Crippen LogP contribution in [0.25, 0.3) is 5.57 Å². The van der Waals surface area contributed by atoms with Crippen molar-refractivity contribution in [2.75, 3.05) is 0 Å². The van der Waals surface area contributed by atoms with Crippen molar-refractivity contribution in [2.24, 2.45) is 5.92 Å². The molecule has 1 aromatic carbocycles. The molecule has 74 valence electrons. The molecule has 0 heterocycles. The first kappa shape index (κ1) is 10.1. The summed E-state index contributed by atoms with van der Waals surface area (Å²) in [5, 5.41) is 1.31. The summed E-state index contributed by atoms with van der Waals surface area (Å²) in [7, 11) is 0. The van der Waals surface area contributed by atoms with Crippen LogP contribution in [0.1, 0.15) is 25.0 Å². The molecule has 1 aromatic rings. The lowest BCUT2D eigenvalue weighted by Crippen LogP contribution is -1.92. The Labute approximate surface area is 94.5 Å². The normalized spacial score (nSPS) is 14.5. The fourth-order valence-corrected chi connectivity index (χ4v) is 2.25. The van der Waals surface area contributed by atoms with Crippen LogP contribution in [0.2, 0.25) is 10.0 Å². The van der Waals surface area contributed by atoms with Gasteiger partial charge in [-0.15, -0.1) is 0 Å². The van der Waals surface area contributed by atoms with Gasteiger partial charge in [-0.3, -0.25) is 0 Å². The second kappa shape index (κ2) is 3.60. The molecule has 1 aliphatic carbocycles. The van der Waals surface area contributed by atoms with Gasteiger partial charge in [0.25, 0.3) is 0 Å². The van der Waals surface area contributed by atoms with Crippen LogP contribution in [0, 0.1) is 5.92 Å². The van der Waals surface area contributed by atoms with Crippen molar-refractivity contribution in [1.29, 1.82) is 0 Å². The number of hydrogen-bond acceptors (Lipinski definition) is 0. The van der Waals surface area contributed by atoms with E-state index in [1.165, 1.54) is 16.7 Å². The van der Waals surface area contributed by atoms with E-state index in [1.807, 2.05) is 12.1 Å². The summed E-state index contributed by atoms with van der Waals surface area (Å²) in [4.78, 5) is 0. The highest BCUT2D eigenvalue weighted by atomic mass is 35.5. The lowest BCUT2D eigenvalue weighted by Gasteiger charge is -2.10. The molecular formula is C12H12Cl2. The average Bonchev–Trinajstić information content (AvgIpc) is 2.48. The molecule has 0 saturated carbocycles. The standard InChI is InChI=1S/C12H12Cl2/c1-7(2)9-4-3-8-5-11(13)12(14)6-10(8)9/h4-7H,3H2,1-2H3. The first-order valence-corrected chi connectivity index (χ1v) is 5.53. The van der Waals surface area contributed by atoms with Crippen molar-refractivity contribution in [1.82, 2.24) is 0 Å². The van der Waals surface area contributed by atoms with E-state index in [9.17, 15) is 0 Å². The van der Waals surface area contributed by atoms with Gasteiger partial charge in [-0.25, -0.2) is 0 Å². The molecule has 0 unspecified atom stereocenters. The highest BCUT2D eigenvalue weighted by molar-refractivity contribution is 6.42. The van der Waals surface area contributed by atoms with Gasteiger partial charge < -0.3 is 0 Å². The van der Waals surface area contributed by atoms with E-state index in [1.54, 1.807) is 0 Å². The van der Waals surface area contributed by atoms with Gasteiger partial charge >= 0.3 is 0 Å². The van der Waals surface area contributed by atoms with Gasteiger partial charge in [0, 0.05) is 0 Å². The second-order valence-corrected chi connectivity index (χ2v) is 4.76. The summed E-state index contributed by atoms with van der Waals surface area (Å²) in [5.74, 6) is 0.550. The Balaban J connectivity index is 2.51. The lowest BCUT2D eigenvalue weighted by atomic mass is 9.97. The van der Waals surface area contributed by atoms with E-state index >= 15 is 0 Å². The minimum atomic E-state index is 0.550. The topological polar surface area (TPSA) is 0 Å². The molecule has 0 saturated heterocycles. The third-order valence-electron chi connectivity index (χ3n) is 2.62. The number of rotatable bonds is 1. The fourth-order valence-electron chi connectivity index (χ4n) is 1.90. The van der Waals surface area contributed by atoms with Crippen LogP contribution < -0.4 is 0 Å². The van der Waals surface area contributed by atoms with Gasteiger partial charge in [0.05, 0.1) is 10.0 Å². The van der Waals surface area contributed by atoms with Crippen LogP contribution in [-0.2, 0) is 6.42 Å². The van der Waals surface area contributed by atoms with E-state index < -0.39 is 0 Å². The van der Waals surface area contributed by atoms with E-state index in [4.69, 9.17) is 23.2 Å². The molecule has 2 heteroatoms. The summed E-state index contributed by atoms with van der Waals surface area (Å²) >= 11 is 12.0. The summed E-state index contributed by atoms with van der Waals surface area (Å²) in [5.41, 5.74) is 3.95. The molecule has 0 aromatic heterocycles. The maximum absolute atomic E-state index is 6.00. The first-order valence-electron chi connectivity index (χ1n) is 4.78. The van der Waals surface area contributed by atoms with Crippen LogP contribution >= 0.6 is 23.2 Å². The second-order valence-electron chi connectivity index (χ2n) is 3.94. The summed E-state index contributed by atoms with van der Waals surface area (Å²) < 4.78 is 0. The van der Waals surface area contributed by atoms with Crippen molar-refractivity contribution in [3.8, 4) is 0 Å². The number of benzene rings is 1. The summed E-state index contributed by atoms with van der Waals surface area (Å²) in [6.45, 7) is 4.40. The highest BCUT2D eigenvalue weighted by Crippen LogP contribution is 2.37. The van der Waals surface area contributed by atoms with Gasteiger partial charge in [-0.05, 0) is 41.2 Å². The SMILES string of the molecule is CC(C)C1=CCc2cc(Cl)c(Cl)cc21. The molecule has 0 amide bonds. The van der Waals surface area contributed by atoms with Crippen LogP contribution in [0.3, 0.4) is 0 Å². The molecule has 0 nitrogen and oxygen atoms in total. The Morgan fingerprint density at radius 2 is 1.79 bits per heavy atom. The van der Waals surface area contributed by atoms with E-state index in [0.29, 0.717) is 16.0 Å². The molecule has 14 heavy (non-hydrogen) atoms. The van der Waals surface area contributed by atoms with Gasteiger partial charge in [0.2, 0.25) is 0 Å². The van der Waals surface area contributed by atoms with Crippen molar-refractivity contribution in [3.63, 3.8) is 0 Å². The Morgan fingerprint density at radius 3 is 2.43 bits per heavy atom. The van der Waals surface area contributed by atoms with Crippen LogP contribution in [0.5, 0.6) is 0 Å². The monoisotopic (exact) mass is 226 g/mol. The third-order valence-corrected chi connectivity index (χ3v) is 3.34. The van der Waals surface area contributed by atoms with Crippen molar-refractivity contribution >= 4 is 28.8 Å². The Kier molecular flexibility index (Phi) is 2.59. The molecule has 2 rings (SSSR count). The van der Waals surface area contributed by atoms with E-state index in [-0.39, 0.29) is 0 Å². The molecule has 0 aliphatic heterocycles. The molecular weight excluding hydrogens is 215 g/mol.